The molecule has 0 saturated carbocycles. The van der Waals surface area contributed by atoms with Crippen molar-refractivity contribution >= 4 is 0 Å². The average Bonchev–Trinajstić information content (AvgIpc) is 2.25. The Morgan fingerprint density at radius 2 is 1.65 bits per heavy atom. The van der Waals surface area contributed by atoms with E-state index in [0.29, 0.717) is 11.8 Å². The first-order valence-electron chi connectivity index (χ1n) is 6.78. The van der Waals surface area contributed by atoms with Crippen LogP contribution in [-0.2, 0) is 0 Å². The van der Waals surface area contributed by atoms with Gasteiger partial charge in [0.25, 0.3) is 0 Å². The standard InChI is InChI=1S/C16H27N/c1-12(2)10-17-11-16(13(3)4)15-9-7-6-8-14(15)5/h6-9,12-13,16-17H,10-11H2,1-5H3. The van der Waals surface area contributed by atoms with Gasteiger partial charge in [0, 0.05) is 6.54 Å². The molecule has 0 aliphatic carbocycles. The Morgan fingerprint density at radius 3 is 2.18 bits per heavy atom. The second-order valence-electron chi connectivity index (χ2n) is 5.76. The fourth-order valence-corrected chi connectivity index (χ4v) is 2.24. The van der Waals surface area contributed by atoms with Gasteiger partial charge in [-0.3, -0.25) is 0 Å². The van der Waals surface area contributed by atoms with Crippen LogP contribution < -0.4 is 5.32 Å². The van der Waals surface area contributed by atoms with Crippen LogP contribution in [0.5, 0.6) is 0 Å². The highest BCUT2D eigenvalue weighted by Gasteiger charge is 2.16. The van der Waals surface area contributed by atoms with E-state index < -0.39 is 0 Å². The van der Waals surface area contributed by atoms with Crippen LogP contribution in [0.4, 0.5) is 0 Å². The number of rotatable bonds is 6. The lowest BCUT2D eigenvalue weighted by Gasteiger charge is -2.24. The molecule has 96 valence electrons. The maximum absolute atomic E-state index is 3.59. The van der Waals surface area contributed by atoms with Crippen LogP contribution in [0, 0.1) is 18.8 Å². The van der Waals surface area contributed by atoms with Gasteiger partial charge in [0.2, 0.25) is 0 Å². The van der Waals surface area contributed by atoms with E-state index in [-0.39, 0.29) is 0 Å². The minimum absolute atomic E-state index is 0.620. The Kier molecular flexibility index (Phi) is 5.70. The molecule has 0 saturated heterocycles. The SMILES string of the molecule is Cc1ccccc1C(CNCC(C)C)C(C)C. The van der Waals surface area contributed by atoms with E-state index in [1.807, 2.05) is 0 Å². The Balaban J connectivity index is 2.69. The molecule has 1 aromatic rings. The highest BCUT2D eigenvalue weighted by molar-refractivity contribution is 5.29. The van der Waals surface area contributed by atoms with Crippen molar-refractivity contribution in [1.29, 1.82) is 0 Å². The summed E-state index contributed by atoms with van der Waals surface area (Å²) < 4.78 is 0. The molecule has 17 heavy (non-hydrogen) atoms. The van der Waals surface area contributed by atoms with Gasteiger partial charge >= 0.3 is 0 Å². The van der Waals surface area contributed by atoms with Crippen molar-refractivity contribution in [2.24, 2.45) is 11.8 Å². The summed E-state index contributed by atoms with van der Waals surface area (Å²) in [4.78, 5) is 0. The summed E-state index contributed by atoms with van der Waals surface area (Å²) in [5.74, 6) is 2.02. The highest BCUT2D eigenvalue weighted by Crippen LogP contribution is 2.26. The molecule has 1 atom stereocenters. The molecule has 1 N–H and O–H groups in total. The van der Waals surface area contributed by atoms with Crippen LogP contribution >= 0.6 is 0 Å². The molecule has 0 aliphatic heterocycles. The van der Waals surface area contributed by atoms with Gasteiger partial charge in [0.15, 0.2) is 0 Å². The molecule has 0 spiro atoms. The molecule has 1 heteroatoms. The third-order valence-corrected chi connectivity index (χ3v) is 3.31. The first kappa shape index (κ1) is 14.2. The molecule has 1 rings (SSSR count). The fraction of sp³-hybridized carbons (Fsp3) is 0.625. The molecule has 0 bridgehead atoms. The van der Waals surface area contributed by atoms with Crippen LogP contribution in [0.2, 0.25) is 0 Å². The van der Waals surface area contributed by atoms with Crippen molar-refractivity contribution in [3.05, 3.63) is 35.4 Å². The molecule has 1 nitrogen and oxygen atoms in total. The van der Waals surface area contributed by atoms with E-state index in [1.54, 1.807) is 0 Å². The van der Waals surface area contributed by atoms with Gasteiger partial charge < -0.3 is 5.32 Å². The number of aryl methyl sites for hydroxylation is 1. The molecule has 1 aromatic carbocycles. The summed E-state index contributed by atoms with van der Waals surface area (Å²) >= 11 is 0. The Labute approximate surface area is 107 Å². The van der Waals surface area contributed by atoms with Gasteiger partial charge in [0.05, 0.1) is 0 Å². The second kappa shape index (κ2) is 6.80. The van der Waals surface area contributed by atoms with E-state index in [0.717, 1.165) is 19.0 Å². The molecule has 0 radical (unpaired) electrons. The molecule has 0 heterocycles. The minimum atomic E-state index is 0.620. The molecule has 0 fully saturated rings. The Bertz CT molecular complexity index is 328. The van der Waals surface area contributed by atoms with Crippen LogP contribution in [0.15, 0.2) is 24.3 Å². The third-order valence-electron chi connectivity index (χ3n) is 3.31. The van der Waals surface area contributed by atoms with Crippen LogP contribution in [0.1, 0.15) is 44.7 Å². The van der Waals surface area contributed by atoms with E-state index in [1.165, 1.54) is 11.1 Å². The van der Waals surface area contributed by atoms with Gasteiger partial charge in [0.1, 0.15) is 0 Å². The van der Waals surface area contributed by atoms with Crippen molar-refractivity contribution < 1.29 is 0 Å². The van der Waals surface area contributed by atoms with Crippen LogP contribution in [-0.4, -0.2) is 13.1 Å². The van der Waals surface area contributed by atoms with Crippen LogP contribution in [0.25, 0.3) is 0 Å². The zero-order valence-corrected chi connectivity index (χ0v) is 12.0. The number of benzene rings is 1. The molecule has 0 aromatic heterocycles. The maximum Gasteiger partial charge on any atom is 0.00228 e. The quantitative estimate of drug-likeness (QED) is 0.783. The maximum atomic E-state index is 3.59. The second-order valence-corrected chi connectivity index (χ2v) is 5.76. The van der Waals surface area contributed by atoms with E-state index in [2.05, 4.69) is 64.2 Å². The number of hydrogen-bond donors (Lipinski definition) is 1. The first-order chi connectivity index (χ1) is 8.02. The smallest absolute Gasteiger partial charge is 0.00228 e. The van der Waals surface area contributed by atoms with Crippen molar-refractivity contribution in [3.8, 4) is 0 Å². The van der Waals surface area contributed by atoms with Crippen molar-refractivity contribution in [2.75, 3.05) is 13.1 Å². The van der Waals surface area contributed by atoms with Gasteiger partial charge in [-0.15, -0.1) is 0 Å². The first-order valence-corrected chi connectivity index (χ1v) is 6.78. The molecule has 1 unspecified atom stereocenters. The van der Waals surface area contributed by atoms with Gasteiger partial charge in [-0.1, -0.05) is 52.0 Å². The highest BCUT2D eigenvalue weighted by atomic mass is 14.9. The minimum Gasteiger partial charge on any atom is -0.316 e. The van der Waals surface area contributed by atoms with Crippen LogP contribution in [0.3, 0.4) is 0 Å². The van der Waals surface area contributed by atoms with Crippen molar-refractivity contribution in [1.82, 2.24) is 5.32 Å². The molecule has 0 amide bonds. The molecule has 0 aliphatic rings. The van der Waals surface area contributed by atoms with E-state index in [4.69, 9.17) is 0 Å². The summed E-state index contributed by atoms with van der Waals surface area (Å²) in [5.41, 5.74) is 2.91. The number of nitrogens with one attached hydrogen (secondary N) is 1. The van der Waals surface area contributed by atoms with Gasteiger partial charge in [-0.25, -0.2) is 0 Å². The predicted molar refractivity (Wildman–Crippen MR) is 76.5 cm³/mol. The fourth-order valence-electron chi connectivity index (χ4n) is 2.24. The Hall–Kier alpha value is -0.820. The summed E-state index contributed by atoms with van der Waals surface area (Å²) in [6.45, 7) is 13.5. The van der Waals surface area contributed by atoms with E-state index in [9.17, 15) is 0 Å². The van der Waals surface area contributed by atoms with E-state index >= 15 is 0 Å². The van der Waals surface area contributed by atoms with Gasteiger partial charge in [-0.2, -0.15) is 0 Å². The van der Waals surface area contributed by atoms with Crippen molar-refractivity contribution in [3.63, 3.8) is 0 Å². The normalized spacial score (nSPS) is 13.4. The molecular weight excluding hydrogens is 206 g/mol. The third kappa shape index (κ3) is 4.51. The lowest BCUT2D eigenvalue weighted by Crippen LogP contribution is -2.28. The summed E-state index contributed by atoms with van der Waals surface area (Å²) in [6, 6.07) is 8.77. The predicted octanol–water partition coefficient (Wildman–Crippen LogP) is 3.98. The van der Waals surface area contributed by atoms with Crippen molar-refractivity contribution in [2.45, 2.75) is 40.5 Å². The average molecular weight is 233 g/mol. The van der Waals surface area contributed by atoms with Gasteiger partial charge in [-0.05, 0) is 42.3 Å². The molecular formula is C16H27N. The lowest BCUT2D eigenvalue weighted by molar-refractivity contribution is 0.441. The topological polar surface area (TPSA) is 12.0 Å². The Morgan fingerprint density at radius 1 is 1.00 bits per heavy atom. The number of hydrogen-bond acceptors (Lipinski definition) is 1. The summed E-state index contributed by atoms with van der Waals surface area (Å²) in [6.07, 6.45) is 0. The largest absolute Gasteiger partial charge is 0.316 e. The summed E-state index contributed by atoms with van der Waals surface area (Å²) in [5, 5.41) is 3.59. The summed E-state index contributed by atoms with van der Waals surface area (Å²) in [7, 11) is 0. The zero-order valence-electron chi connectivity index (χ0n) is 12.0. The lowest BCUT2D eigenvalue weighted by atomic mass is 9.86. The monoisotopic (exact) mass is 233 g/mol. The zero-order chi connectivity index (χ0) is 12.8.